The Hall–Kier alpha value is -3.31. The number of aliphatic hydroxyl groups excluding tert-OH is 1. The van der Waals surface area contributed by atoms with Crippen LogP contribution >= 0.6 is 0 Å². The summed E-state index contributed by atoms with van der Waals surface area (Å²) in [5.74, 6) is -0.857. The molecule has 0 atom stereocenters. The van der Waals surface area contributed by atoms with Crippen LogP contribution in [0.3, 0.4) is 0 Å². The van der Waals surface area contributed by atoms with Crippen LogP contribution in [-0.4, -0.2) is 76.1 Å². The summed E-state index contributed by atoms with van der Waals surface area (Å²) in [6.07, 6.45) is -3.14. The van der Waals surface area contributed by atoms with Gasteiger partial charge in [0, 0.05) is 37.2 Å². The zero-order valence-corrected chi connectivity index (χ0v) is 24.0. The second-order valence-corrected chi connectivity index (χ2v) is 13.3. The zero-order chi connectivity index (χ0) is 30.8. The van der Waals surface area contributed by atoms with Gasteiger partial charge in [-0.25, -0.2) is 21.6 Å². The Labute approximate surface area is 241 Å². The Morgan fingerprint density at radius 3 is 2.50 bits per heavy atom. The van der Waals surface area contributed by atoms with E-state index >= 15 is 0 Å². The Morgan fingerprint density at radius 1 is 1.14 bits per heavy atom. The quantitative estimate of drug-likeness (QED) is 0.340. The molecule has 2 heterocycles. The van der Waals surface area contributed by atoms with Gasteiger partial charge in [0.15, 0.2) is 0 Å². The summed E-state index contributed by atoms with van der Waals surface area (Å²) in [5.41, 5.74) is -0.0226. The molecule has 1 saturated heterocycles. The number of aliphatic imine (C=N–C) groups is 1. The number of rotatable bonds is 10. The number of sulfonamides is 2. The Bertz CT molecular complexity index is 1620. The molecule has 4 rings (SSSR count). The average molecular weight is 631 g/mol. The van der Waals surface area contributed by atoms with Crippen molar-refractivity contribution in [2.45, 2.75) is 43.0 Å². The fourth-order valence-electron chi connectivity index (χ4n) is 4.56. The van der Waals surface area contributed by atoms with Crippen LogP contribution in [0.15, 0.2) is 57.8 Å². The van der Waals surface area contributed by atoms with Crippen molar-refractivity contribution >= 4 is 37.9 Å². The molecule has 11 nitrogen and oxygen atoms in total. The molecule has 1 fully saturated rings. The number of benzene rings is 2. The number of amides is 1. The van der Waals surface area contributed by atoms with Crippen LogP contribution in [0, 0.1) is 6.92 Å². The maximum absolute atomic E-state index is 13.0. The molecule has 0 aromatic heterocycles. The van der Waals surface area contributed by atoms with E-state index in [1.807, 2.05) is 0 Å². The molecule has 0 unspecified atom stereocenters. The SMILES string of the molecule is Cc1cc(S(=O)(=O)NCCCO)ccc1/C=C/S(=O)(=O)N1CCC2(CC1)N=C(c1cccc(OC(F)(F)F)c1)NC2=O. The molecule has 2 aromatic carbocycles. The fraction of sp³-hybridized carbons (Fsp3) is 0.385. The predicted octanol–water partition coefficient (Wildman–Crippen LogP) is 2.27. The summed E-state index contributed by atoms with van der Waals surface area (Å²) in [6, 6.07) is 9.29. The smallest absolute Gasteiger partial charge is 0.406 e. The second-order valence-electron chi connectivity index (χ2n) is 9.76. The lowest BCUT2D eigenvalue weighted by Crippen LogP contribution is -2.50. The monoisotopic (exact) mass is 630 g/mol. The van der Waals surface area contributed by atoms with Crippen LogP contribution < -0.4 is 14.8 Å². The van der Waals surface area contributed by atoms with Gasteiger partial charge < -0.3 is 15.2 Å². The zero-order valence-electron chi connectivity index (χ0n) is 22.4. The third-order valence-electron chi connectivity index (χ3n) is 6.83. The Morgan fingerprint density at radius 2 is 1.86 bits per heavy atom. The van der Waals surface area contributed by atoms with E-state index in [0.717, 1.165) is 17.5 Å². The number of carbonyl (C=O) groups excluding carboxylic acids is 1. The van der Waals surface area contributed by atoms with E-state index in [1.54, 1.807) is 6.92 Å². The summed E-state index contributed by atoms with van der Waals surface area (Å²) in [4.78, 5) is 17.3. The first-order chi connectivity index (χ1) is 19.6. The van der Waals surface area contributed by atoms with Crippen LogP contribution in [0.25, 0.3) is 6.08 Å². The number of carbonyl (C=O) groups is 1. The molecule has 0 bridgehead atoms. The number of alkyl halides is 3. The maximum atomic E-state index is 13.0. The summed E-state index contributed by atoms with van der Waals surface area (Å²) >= 11 is 0. The first-order valence-electron chi connectivity index (χ1n) is 12.8. The summed E-state index contributed by atoms with van der Waals surface area (Å²) in [6.45, 7) is 1.52. The van der Waals surface area contributed by atoms with E-state index in [1.165, 1.54) is 40.7 Å². The van der Waals surface area contributed by atoms with Gasteiger partial charge in [-0.1, -0.05) is 18.2 Å². The number of aliphatic hydroxyl groups is 1. The van der Waals surface area contributed by atoms with Gasteiger partial charge in [0.1, 0.15) is 17.1 Å². The lowest BCUT2D eigenvalue weighted by molar-refractivity contribution is -0.274. The van der Waals surface area contributed by atoms with Gasteiger partial charge in [-0.3, -0.25) is 9.79 Å². The third-order valence-corrected chi connectivity index (χ3v) is 9.85. The number of nitrogens with zero attached hydrogens (tertiary/aromatic N) is 2. The summed E-state index contributed by atoms with van der Waals surface area (Å²) < 4.78 is 96.2. The first-order valence-corrected chi connectivity index (χ1v) is 15.8. The van der Waals surface area contributed by atoms with E-state index in [-0.39, 0.29) is 61.8 Å². The van der Waals surface area contributed by atoms with Crippen molar-refractivity contribution in [3.05, 3.63) is 64.6 Å². The van der Waals surface area contributed by atoms with Crippen LogP contribution in [0.2, 0.25) is 0 Å². The minimum atomic E-state index is -4.88. The van der Waals surface area contributed by atoms with Gasteiger partial charge in [-0.05, 0) is 67.7 Å². The summed E-state index contributed by atoms with van der Waals surface area (Å²) in [7, 11) is -7.69. The number of piperidine rings is 1. The molecule has 0 saturated carbocycles. The van der Waals surface area contributed by atoms with Crippen molar-refractivity contribution in [1.29, 1.82) is 0 Å². The summed E-state index contributed by atoms with van der Waals surface area (Å²) in [5, 5.41) is 12.4. The lowest BCUT2D eigenvalue weighted by Gasteiger charge is -2.34. The van der Waals surface area contributed by atoms with Gasteiger partial charge >= 0.3 is 6.36 Å². The van der Waals surface area contributed by atoms with Gasteiger partial charge in [-0.2, -0.15) is 4.31 Å². The molecule has 16 heteroatoms. The third kappa shape index (κ3) is 7.36. The number of aryl methyl sites for hydroxylation is 1. The number of hydrogen-bond donors (Lipinski definition) is 3. The maximum Gasteiger partial charge on any atom is 0.573 e. The number of halogens is 3. The van der Waals surface area contributed by atoms with Gasteiger partial charge in [0.05, 0.1) is 4.90 Å². The van der Waals surface area contributed by atoms with Gasteiger partial charge in [0.2, 0.25) is 20.0 Å². The molecule has 1 amide bonds. The van der Waals surface area contributed by atoms with Crippen molar-refractivity contribution in [3.8, 4) is 5.75 Å². The molecule has 0 aliphatic carbocycles. The van der Waals surface area contributed by atoms with Crippen molar-refractivity contribution < 1.29 is 44.6 Å². The largest absolute Gasteiger partial charge is 0.573 e. The molecule has 2 aliphatic heterocycles. The highest BCUT2D eigenvalue weighted by atomic mass is 32.2. The predicted molar refractivity (Wildman–Crippen MR) is 147 cm³/mol. The number of ether oxygens (including phenoxy) is 1. The lowest BCUT2D eigenvalue weighted by atomic mass is 9.89. The minimum Gasteiger partial charge on any atom is -0.406 e. The molecular weight excluding hydrogens is 601 g/mol. The average Bonchev–Trinajstić information content (AvgIpc) is 3.22. The van der Waals surface area contributed by atoms with Crippen LogP contribution in [0.4, 0.5) is 13.2 Å². The minimum absolute atomic E-state index is 0.00800. The molecule has 42 heavy (non-hydrogen) atoms. The number of nitrogens with one attached hydrogen (secondary N) is 2. The van der Waals surface area contributed by atoms with Crippen molar-refractivity contribution in [2.24, 2.45) is 4.99 Å². The standard InChI is InChI=1S/C26H29F3N4O7S2/c1-18-16-22(42(38,39)30-11-3-14-34)7-6-19(18)8-15-41(36,37)33-12-9-25(10-13-33)24(35)31-23(32-25)20-4-2-5-21(17-20)40-26(27,28)29/h2,4-8,15-17,30,34H,3,9-14H2,1H3,(H,31,32,35)/b15-8+. The van der Waals surface area contributed by atoms with Crippen LogP contribution in [-0.2, 0) is 24.8 Å². The van der Waals surface area contributed by atoms with Crippen molar-refractivity contribution in [2.75, 3.05) is 26.2 Å². The highest BCUT2D eigenvalue weighted by Gasteiger charge is 2.47. The molecule has 2 aromatic rings. The van der Waals surface area contributed by atoms with E-state index in [0.29, 0.717) is 11.1 Å². The number of amidine groups is 1. The number of hydrogen-bond acceptors (Lipinski definition) is 8. The van der Waals surface area contributed by atoms with Crippen molar-refractivity contribution in [1.82, 2.24) is 14.3 Å². The van der Waals surface area contributed by atoms with Gasteiger partial charge in [-0.15, -0.1) is 13.2 Å². The van der Waals surface area contributed by atoms with E-state index in [9.17, 15) is 34.8 Å². The van der Waals surface area contributed by atoms with Crippen LogP contribution in [0.1, 0.15) is 36.0 Å². The molecule has 1 spiro atoms. The van der Waals surface area contributed by atoms with E-state index < -0.39 is 43.6 Å². The van der Waals surface area contributed by atoms with Gasteiger partial charge in [0.25, 0.3) is 5.91 Å². The normalized spacial score (nSPS) is 17.9. The molecule has 228 valence electrons. The topological polar surface area (TPSA) is 154 Å². The highest BCUT2D eigenvalue weighted by Crippen LogP contribution is 2.33. The van der Waals surface area contributed by atoms with Crippen molar-refractivity contribution in [3.63, 3.8) is 0 Å². The van der Waals surface area contributed by atoms with Crippen LogP contribution in [0.5, 0.6) is 5.75 Å². The van der Waals surface area contributed by atoms with E-state index in [2.05, 4.69) is 19.8 Å². The second kappa shape index (κ2) is 12.1. The molecular formula is C26H29F3N4O7S2. The Balaban J connectivity index is 1.43. The first kappa shape index (κ1) is 31.6. The molecule has 0 radical (unpaired) electrons. The molecule has 2 aliphatic rings. The molecule has 3 N–H and O–H groups in total. The fourth-order valence-corrected chi connectivity index (χ4v) is 6.90. The Kier molecular flexibility index (Phi) is 9.13. The van der Waals surface area contributed by atoms with E-state index in [4.69, 9.17) is 5.11 Å². The highest BCUT2D eigenvalue weighted by molar-refractivity contribution is 7.92.